The van der Waals surface area contributed by atoms with E-state index in [-0.39, 0.29) is 6.61 Å². The van der Waals surface area contributed by atoms with Gasteiger partial charge in [0.25, 0.3) is 0 Å². The first-order valence-corrected chi connectivity index (χ1v) is 6.01. The first kappa shape index (κ1) is 13.7. The van der Waals surface area contributed by atoms with Crippen molar-refractivity contribution < 1.29 is 19.0 Å². The molecule has 104 valence electrons. The third kappa shape index (κ3) is 3.65. The highest BCUT2D eigenvalue weighted by Gasteiger charge is 2.08. The molecule has 0 aliphatic heterocycles. The molecule has 0 aromatic heterocycles. The van der Waals surface area contributed by atoms with Crippen molar-refractivity contribution in [2.75, 3.05) is 19.5 Å². The lowest BCUT2D eigenvalue weighted by atomic mass is 10.3. The molecule has 0 saturated heterocycles. The van der Waals surface area contributed by atoms with E-state index >= 15 is 0 Å². The van der Waals surface area contributed by atoms with Crippen LogP contribution in [0.1, 0.15) is 0 Å². The maximum atomic E-state index is 11.1. The summed E-state index contributed by atoms with van der Waals surface area (Å²) in [6, 6.07) is 14.1. The van der Waals surface area contributed by atoms with Gasteiger partial charge in [-0.15, -0.1) is 0 Å². The SMILES string of the molecule is COC(=O)COc1ccccc1Oc1ccc(N)cc1. The van der Waals surface area contributed by atoms with Crippen molar-refractivity contribution >= 4 is 11.7 Å². The second-order valence-electron chi connectivity index (χ2n) is 3.98. The Morgan fingerprint density at radius 2 is 1.70 bits per heavy atom. The first-order valence-electron chi connectivity index (χ1n) is 6.01. The maximum absolute atomic E-state index is 11.1. The van der Waals surface area contributed by atoms with Crippen molar-refractivity contribution in [1.29, 1.82) is 0 Å². The number of nitrogens with two attached hydrogens (primary N) is 1. The molecule has 0 saturated carbocycles. The minimum absolute atomic E-state index is 0.168. The average Bonchev–Trinajstić information content (AvgIpc) is 2.48. The minimum Gasteiger partial charge on any atom is -0.478 e. The van der Waals surface area contributed by atoms with Crippen LogP contribution in [0.3, 0.4) is 0 Å². The monoisotopic (exact) mass is 273 g/mol. The van der Waals surface area contributed by atoms with Gasteiger partial charge in [0.05, 0.1) is 7.11 Å². The van der Waals surface area contributed by atoms with Crippen LogP contribution in [0.15, 0.2) is 48.5 Å². The summed E-state index contributed by atoms with van der Waals surface area (Å²) in [7, 11) is 1.31. The number of hydrogen-bond acceptors (Lipinski definition) is 5. The Balaban J connectivity index is 2.11. The summed E-state index contributed by atoms with van der Waals surface area (Å²) in [4.78, 5) is 11.1. The van der Waals surface area contributed by atoms with E-state index in [1.165, 1.54) is 7.11 Å². The van der Waals surface area contributed by atoms with Gasteiger partial charge >= 0.3 is 5.97 Å². The van der Waals surface area contributed by atoms with E-state index in [0.717, 1.165) is 0 Å². The Kier molecular flexibility index (Phi) is 4.44. The molecular formula is C15H15NO4. The molecule has 2 aromatic carbocycles. The molecule has 0 bridgehead atoms. The van der Waals surface area contributed by atoms with Crippen LogP contribution in [-0.4, -0.2) is 19.7 Å². The molecule has 0 fully saturated rings. The van der Waals surface area contributed by atoms with Gasteiger partial charge in [-0.25, -0.2) is 4.79 Å². The van der Waals surface area contributed by atoms with E-state index in [9.17, 15) is 4.79 Å². The molecule has 2 aromatic rings. The van der Waals surface area contributed by atoms with Gasteiger partial charge in [-0.2, -0.15) is 0 Å². The van der Waals surface area contributed by atoms with Crippen LogP contribution < -0.4 is 15.2 Å². The number of benzene rings is 2. The van der Waals surface area contributed by atoms with Crippen molar-refractivity contribution in [3.8, 4) is 17.2 Å². The molecule has 0 unspecified atom stereocenters. The third-order valence-electron chi connectivity index (χ3n) is 2.53. The fourth-order valence-corrected chi connectivity index (χ4v) is 1.51. The third-order valence-corrected chi connectivity index (χ3v) is 2.53. The average molecular weight is 273 g/mol. The smallest absolute Gasteiger partial charge is 0.343 e. The standard InChI is InChI=1S/C15H15NO4/c1-18-15(17)10-19-13-4-2-3-5-14(13)20-12-8-6-11(16)7-9-12/h2-9H,10,16H2,1H3. The fraction of sp³-hybridized carbons (Fsp3) is 0.133. The van der Waals surface area contributed by atoms with Gasteiger partial charge in [-0.1, -0.05) is 12.1 Å². The van der Waals surface area contributed by atoms with Crippen LogP contribution in [-0.2, 0) is 9.53 Å². The number of methoxy groups -OCH3 is 1. The number of ether oxygens (including phenoxy) is 3. The number of para-hydroxylation sites is 2. The van der Waals surface area contributed by atoms with Gasteiger partial charge in [0.15, 0.2) is 18.1 Å². The molecule has 2 rings (SSSR count). The highest BCUT2D eigenvalue weighted by molar-refractivity contribution is 5.71. The summed E-state index contributed by atoms with van der Waals surface area (Å²) in [6.07, 6.45) is 0. The Bertz CT molecular complexity index is 581. The molecule has 0 aliphatic carbocycles. The van der Waals surface area contributed by atoms with Crippen molar-refractivity contribution in [3.63, 3.8) is 0 Å². The van der Waals surface area contributed by atoms with Gasteiger partial charge < -0.3 is 19.9 Å². The Hall–Kier alpha value is -2.69. The number of rotatable bonds is 5. The zero-order chi connectivity index (χ0) is 14.4. The fourth-order valence-electron chi connectivity index (χ4n) is 1.51. The van der Waals surface area contributed by atoms with Crippen molar-refractivity contribution in [3.05, 3.63) is 48.5 Å². The molecule has 5 heteroatoms. The number of carbonyl (C=O) groups excluding carboxylic acids is 1. The van der Waals surface area contributed by atoms with Crippen LogP contribution >= 0.6 is 0 Å². The lowest BCUT2D eigenvalue weighted by molar-refractivity contribution is -0.142. The number of carbonyl (C=O) groups is 1. The van der Waals surface area contributed by atoms with E-state index in [4.69, 9.17) is 15.2 Å². The van der Waals surface area contributed by atoms with E-state index in [2.05, 4.69) is 4.74 Å². The van der Waals surface area contributed by atoms with E-state index in [1.54, 1.807) is 42.5 Å². The van der Waals surface area contributed by atoms with Crippen LogP contribution in [0.5, 0.6) is 17.2 Å². The normalized spacial score (nSPS) is 9.85. The van der Waals surface area contributed by atoms with Gasteiger partial charge in [-0.05, 0) is 36.4 Å². The summed E-state index contributed by atoms with van der Waals surface area (Å²) in [5, 5.41) is 0. The summed E-state index contributed by atoms with van der Waals surface area (Å²) >= 11 is 0. The first-order chi connectivity index (χ1) is 9.69. The number of hydrogen-bond donors (Lipinski definition) is 1. The second kappa shape index (κ2) is 6.47. The molecule has 5 nitrogen and oxygen atoms in total. The summed E-state index contributed by atoms with van der Waals surface area (Å²) < 4.78 is 15.6. The van der Waals surface area contributed by atoms with Crippen molar-refractivity contribution in [2.24, 2.45) is 0 Å². The zero-order valence-corrected chi connectivity index (χ0v) is 11.0. The Morgan fingerprint density at radius 1 is 1.05 bits per heavy atom. The van der Waals surface area contributed by atoms with Crippen LogP contribution in [0.4, 0.5) is 5.69 Å². The number of anilines is 1. The van der Waals surface area contributed by atoms with Gasteiger partial charge in [0.2, 0.25) is 0 Å². The molecule has 0 atom stereocenters. The predicted octanol–water partition coefficient (Wildman–Crippen LogP) is 2.61. The molecule has 20 heavy (non-hydrogen) atoms. The van der Waals surface area contributed by atoms with Gasteiger partial charge in [0, 0.05) is 5.69 Å². The lowest BCUT2D eigenvalue weighted by Crippen LogP contribution is -2.12. The summed E-state index contributed by atoms with van der Waals surface area (Å²) in [5.74, 6) is 1.16. The van der Waals surface area contributed by atoms with E-state index < -0.39 is 5.97 Å². The highest BCUT2D eigenvalue weighted by Crippen LogP contribution is 2.31. The summed E-state index contributed by atoms with van der Waals surface area (Å²) in [5.41, 5.74) is 6.27. The maximum Gasteiger partial charge on any atom is 0.343 e. The quantitative estimate of drug-likeness (QED) is 0.669. The van der Waals surface area contributed by atoms with Crippen LogP contribution in [0.2, 0.25) is 0 Å². The van der Waals surface area contributed by atoms with Gasteiger partial charge in [-0.3, -0.25) is 0 Å². The Labute approximate surface area is 116 Å². The van der Waals surface area contributed by atoms with E-state index in [1.807, 2.05) is 6.07 Å². The lowest BCUT2D eigenvalue weighted by Gasteiger charge is -2.11. The number of esters is 1. The molecule has 0 heterocycles. The number of nitrogen functional groups attached to an aromatic ring is 1. The molecular weight excluding hydrogens is 258 g/mol. The molecule has 0 amide bonds. The van der Waals surface area contributed by atoms with E-state index in [0.29, 0.717) is 22.9 Å². The van der Waals surface area contributed by atoms with Crippen LogP contribution in [0, 0.1) is 0 Å². The molecule has 2 N–H and O–H groups in total. The predicted molar refractivity (Wildman–Crippen MR) is 74.9 cm³/mol. The van der Waals surface area contributed by atoms with Crippen LogP contribution in [0.25, 0.3) is 0 Å². The molecule has 0 radical (unpaired) electrons. The largest absolute Gasteiger partial charge is 0.478 e. The second-order valence-corrected chi connectivity index (χ2v) is 3.98. The zero-order valence-electron chi connectivity index (χ0n) is 11.0. The Morgan fingerprint density at radius 3 is 2.35 bits per heavy atom. The topological polar surface area (TPSA) is 70.8 Å². The van der Waals surface area contributed by atoms with Gasteiger partial charge in [0.1, 0.15) is 5.75 Å². The van der Waals surface area contributed by atoms with Crippen molar-refractivity contribution in [2.45, 2.75) is 0 Å². The molecule has 0 spiro atoms. The van der Waals surface area contributed by atoms with Crippen molar-refractivity contribution in [1.82, 2.24) is 0 Å². The highest BCUT2D eigenvalue weighted by atomic mass is 16.6. The molecule has 0 aliphatic rings. The minimum atomic E-state index is -0.452. The summed E-state index contributed by atoms with van der Waals surface area (Å²) in [6.45, 7) is -0.168.